The first kappa shape index (κ1) is 15.3. The van der Waals surface area contributed by atoms with Gasteiger partial charge in [0, 0.05) is 12.1 Å². The molecule has 4 nitrogen and oxygen atoms in total. The van der Waals surface area contributed by atoms with Crippen molar-refractivity contribution < 1.29 is 9.47 Å². The molecular formula is C17H22N2O2. The highest BCUT2D eigenvalue weighted by Crippen LogP contribution is 2.20. The third-order valence-electron chi connectivity index (χ3n) is 3.25. The quantitative estimate of drug-likeness (QED) is 0.847. The molecular weight excluding hydrogens is 264 g/mol. The van der Waals surface area contributed by atoms with Crippen molar-refractivity contribution in [1.29, 1.82) is 0 Å². The lowest BCUT2D eigenvalue weighted by molar-refractivity contribution is 0.297. The number of benzene rings is 1. The number of hydrogen-bond donors (Lipinski definition) is 1. The molecule has 112 valence electrons. The Morgan fingerprint density at radius 3 is 2.76 bits per heavy atom. The molecule has 0 saturated heterocycles. The second-order valence-corrected chi connectivity index (χ2v) is 4.81. The summed E-state index contributed by atoms with van der Waals surface area (Å²) in [6, 6.07) is 14.1. The van der Waals surface area contributed by atoms with Crippen molar-refractivity contribution in [2.45, 2.75) is 26.5 Å². The van der Waals surface area contributed by atoms with Crippen LogP contribution in [0.3, 0.4) is 0 Å². The molecule has 0 saturated carbocycles. The summed E-state index contributed by atoms with van der Waals surface area (Å²) in [5.41, 5.74) is 2.06. The van der Waals surface area contributed by atoms with Crippen LogP contribution in [-0.4, -0.2) is 18.6 Å². The van der Waals surface area contributed by atoms with E-state index in [1.807, 2.05) is 30.3 Å². The van der Waals surface area contributed by atoms with Crippen molar-refractivity contribution in [3.63, 3.8) is 0 Å². The van der Waals surface area contributed by atoms with Crippen LogP contribution in [0, 0.1) is 0 Å². The molecule has 1 heterocycles. The average Bonchev–Trinajstić information content (AvgIpc) is 2.53. The fraction of sp³-hybridized carbons (Fsp3) is 0.353. The van der Waals surface area contributed by atoms with Crippen LogP contribution in [0.5, 0.6) is 11.6 Å². The van der Waals surface area contributed by atoms with Crippen LogP contribution in [0.4, 0.5) is 0 Å². The van der Waals surface area contributed by atoms with Crippen molar-refractivity contribution in [3.8, 4) is 11.6 Å². The van der Waals surface area contributed by atoms with E-state index in [9.17, 15) is 0 Å². The van der Waals surface area contributed by atoms with E-state index in [0.717, 1.165) is 18.0 Å². The number of pyridine rings is 1. The van der Waals surface area contributed by atoms with Gasteiger partial charge in [-0.2, -0.15) is 0 Å². The van der Waals surface area contributed by atoms with E-state index in [-0.39, 0.29) is 0 Å². The summed E-state index contributed by atoms with van der Waals surface area (Å²) >= 11 is 0. The minimum absolute atomic E-state index is 0.313. The summed E-state index contributed by atoms with van der Waals surface area (Å²) in [4.78, 5) is 4.33. The van der Waals surface area contributed by atoms with Gasteiger partial charge in [0.1, 0.15) is 12.4 Å². The Kier molecular flexibility index (Phi) is 5.58. The highest BCUT2D eigenvalue weighted by Gasteiger charge is 2.05. The lowest BCUT2D eigenvalue weighted by atomic mass is 10.1. The largest absolute Gasteiger partial charge is 0.487 e. The zero-order chi connectivity index (χ0) is 15.1. The number of rotatable bonds is 7. The maximum Gasteiger partial charge on any atom is 0.213 e. The van der Waals surface area contributed by atoms with Gasteiger partial charge in [-0.3, -0.25) is 0 Å². The van der Waals surface area contributed by atoms with Gasteiger partial charge in [-0.1, -0.05) is 25.1 Å². The van der Waals surface area contributed by atoms with Gasteiger partial charge in [0.05, 0.1) is 12.8 Å². The average molecular weight is 286 g/mol. The molecule has 1 atom stereocenters. The molecule has 1 unspecified atom stereocenters. The second kappa shape index (κ2) is 7.64. The molecule has 4 heteroatoms. The van der Waals surface area contributed by atoms with Crippen molar-refractivity contribution in [1.82, 2.24) is 10.3 Å². The van der Waals surface area contributed by atoms with Crippen molar-refractivity contribution >= 4 is 0 Å². The Bertz CT molecular complexity index is 572. The molecule has 21 heavy (non-hydrogen) atoms. The third kappa shape index (κ3) is 4.46. The first-order valence-electron chi connectivity index (χ1n) is 7.19. The summed E-state index contributed by atoms with van der Waals surface area (Å²) < 4.78 is 10.9. The Morgan fingerprint density at radius 2 is 2.00 bits per heavy atom. The van der Waals surface area contributed by atoms with Gasteiger partial charge in [-0.05, 0) is 37.2 Å². The van der Waals surface area contributed by atoms with Gasteiger partial charge in [-0.15, -0.1) is 0 Å². The highest BCUT2D eigenvalue weighted by molar-refractivity contribution is 5.30. The topological polar surface area (TPSA) is 43.4 Å². The lowest BCUT2D eigenvalue weighted by Crippen LogP contribution is -2.17. The summed E-state index contributed by atoms with van der Waals surface area (Å²) in [5, 5.41) is 3.39. The van der Waals surface area contributed by atoms with Gasteiger partial charge >= 0.3 is 0 Å². The monoisotopic (exact) mass is 286 g/mol. The standard InChI is InChI=1S/C17H22N2O2/c1-4-18-13(2)14-7-5-9-16(11-14)21-12-15-8-6-10-17(19-15)20-3/h5-11,13,18H,4,12H2,1-3H3. The van der Waals surface area contributed by atoms with E-state index in [1.54, 1.807) is 7.11 Å². The Balaban J connectivity index is 2.01. The van der Waals surface area contributed by atoms with Crippen LogP contribution in [0.1, 0.15) is 31.1 Å². The number of ether oxygens (including phenoxy) is 2. The van der Waals surface area contributed by atoms with E-state index in [0.29, 0.717) is 18.5 Å². The third-order valence-corrected chi connectivity index (χ3v) is 3.25. The number of aromatic nitrogens is 1. The number of nitrogens with zero attached hydrogens (tertiary/aromatic N) is 1. The second-order valence-electron chi connectivity index (χ2n) is 4.81. The molecule has 0 bridgehead atoms. The zero-order valence-electron chi connectivity index (χ0n) is 12.8. The van der Waals surface area contributed by atoms with Crippen LogP contribution in [0.2, 0.25) is 0 Å². The fourth-order valence-corrected chi connectivity index (χ4v) is 2.11. The summed E-state index contributed by atoms with van der Waals surface area (Å²) in [5.74, 6) is 1.45. The molecule has 0 aliphatic rings. The van der Waals surface area contributed by atoms with Crippen LogP contribution in [-0.2, 0) is 6.61 Å². The van der Waals surface area contributed by atoms with Crippen molar-refractivity contribution in [2.75, 3.05) is 13.7 Å². The SMILES string of the molecule is CCNC(C)c1cccc(OCc2cccc(OC)n2)c1. The maximum absolute atomic E-state index is 5.81. The predicted octanol–water partition coefficient (Wildman–Crippen LogP) is 3.34. The van der Waals surface area contributed by atoms with E-state index in [4.69, 9.17) is 9.47 Å². The highest BCUT2D eigenvalue weighted by atomic mass is 16.5. The minimum atomic E-state index is 0.313. The Labute approximate surface area is 126 Å². The van der Waals surface area contributed by atoms with Crippen molar-refractivity contribution in [3.05, 3.63) is 53.7 Å². The molecule has 2 rings (SSSR count). The molecule has 0 fully saturated rings. The molecule has 0 amide bonds. The fourth-order valence-electron chi connectivity index (χ4n) is 2.11. The van der Waals surface area contributed by atoms with Crippen LogP contribution in [0.15, 0.2) is 42.5 Å². The molecule has 0 aliphatic heterocycles. The number of nitrogens with one attached hydrogen (secondary N) is 1. The van der Waals surface area contributed by atoms with Crippen LogP contribution in [0.25, 0.3) is 0 Å². The zero-order valence-corrected chi connectivity index (χ0v) is 12.8. The number of hydrogen-bond acceptors (Lipinski definition) is 4. The predicted molar refractivity (Wildman–Crippen MR) is 83.7 cm³/mol. The Morgan fingerprint density at radius 1 is 1.19 bits per heavy atom. The van der Waals surface area contributed by atoms with Crippen LogP contribution >= 0.6 is 0 Å². The maximum atomic E-state index is 5.81. The van der Waals surface area contributed by atoms with E-state index in [1.165, 1.54) is 5.56 Å². The lowest BCUT2D eigenvalue weighted by Gasteiger charge is -2.14. The minimum Gasteiger partial charge on any atom is -0.487 e. The van der Waals surface area contributed by atoms with Gasteiger partial charge in [0.2, 0.25) is 5.88 Å². The summed E-state index contributed by atoms with van der Waals surface area (Å²) in [6.45, 7) is 5.62. The number of methoxy groups -OCH3 is 1. The molecule has 0 radical (unpaired) electrons. The van der Waals surface area contributed by atoms with Gasteiger partial charge in [-0.25, -0.2) is 4.98 Å². The van der Waals surface area contributed by atoms with E-state index < -0.39 is 0 Å². The molecule has 1 aromatic heterocycles. The molecule has 2 aromatic rings. The van der Waals surface area contributed by atoms with E-state index >= 15 is 0 Å². The van der Waals surface area contributed by atoms with E-state index in [2.05, 4.69) is 36.3 Å². The smallest absolute Gasteiger partial charge is 0.213 e. The molecule has 0 aliphatic carbocycles. The molecule has 0 spiro atoms. The van der Waals surface area contributed by atoms with Gasteiger partial charge in [0.25, 0.3) is 0 Å². The first-order valence-corrected chi connectivity index (χ1v) is 7.19. The van der Waals surface area contributed by atoms with Crippen LogP contribution < -0.4 is 14.8 Å². The van der Waals surface area contributed by atoms with Crippen molar-refractivity contribution in [2.24, 2.45) is 0 Å². The summed E-state index contributed by atoms with van der Waals surface area (Å²) in [7, 11) is 1.61. The van der Waals surface area contributed by atoms with Gasteiger partial charge < -0.3 is 14.8 Å². The summed E-state index contributed by atoms with van der Waals surface area (Å²) in [6.07, 6.45) is 0. The Hall–Kier alpha value is -2.07. The van der Waals surface area contributed by atoms with Gasteiger partial charge in [0.15, 0.2) is 0 Å². The first-order chi connectivity index (χ1) is 10.2. The molecule has 1 N–H and O–H groups in total. The molecule has 1 aromatic carbocycles. The normalized spacial score (nSPS) is 12.0.